The molecule has 11 heavy (non-hydrogen) atoms. The van der Waals surface area contributed by atoms with Crippen LogP contribution >= 0.6 is 0 Å². The molecule has 1 heteroatoms. The Morgan fingerprint density at radius 1 is 1.09 bits per heavy atom. The average molecular weight is 402 g/mol. The van der Waals surface area contributed by atoms with Crippen molar-refractivity contribution in [2.24, 2.45) is 0 Å². The van der Waals surface area contributed by atoms with Gasteiger partial charge in [-0.05, 0) is 5.41 Å². The largest absolute Gasteiger partial charge is 0.184 e. The zero-order chi connectivity index (χ0) is 7.61. The summed E-state index contributed by atoms with van der Waals surface area (Å²) in [7, 11) is 0. The van der Waals surface area contributed by atoms with E-state index in [9.17, 15) is 0 Å². The molecule has 0 radical (unpaired) electrons. The summed E-state index contributed by atoms with van der Waals surface area (Å²) in [6.07, 6.45) is 0. The van der Waals surface area contributed by atoms with Crippen LogP contribution in [0.25, 0.3) is 0 Å². The molecule has 0 unspecified atom stereocenters. The quantitative estimate of drug-likeness (QED) is 0.586. The Labute approximate surface area is 62.9 Å². The molecule has 0 aliphatic heterocycles. The van der Waals surface area contributed by atoms with Crippen molar-refractivity contribution in [2.75, 3.05) is 0 Å². The fourth-order valence-corrected chi connectivity index (χ4v) is 0.887. The van der Waals surface area contributed by atoms with Crippen LogP contribution in [-0.2, 0) is 5.41 Å². The van der Waals surface area contributed by atoms with Gasteiger partial charge >= 0.3 is 0 Å². The third-order valence-electron chi connectivity index (χ3n) is 1.58. The maximum atomic E-state index is 3.00. The molecule has 0 atom stereocenters. The molecule has 0 spiro atoms. The standard InChI is InChI=1S/C10H13.Hs/c1-10(2,3)9-7-5-4-6-8-9;/h5-8H,1-3H3;/q-1;. The van der Waals surface area contributed by atoms with Crippen LogP contribution in [0.2, 0.25) is 0 Å². The normalized spacial score (nSPS) is 10.5. The molecular formula is C10H13Hs-. The van der Waals surface area contributed by atoms with Crippen LogP contribution in [0.3, 0.4) is 0 Å². The summed E-state index contributed by atoms with van der Waals surface area (Å²) in [5.74, 6) is 0. The van der Waals surface area contributed by atoms with Gasteiger partial charge in [-0.15, -0.1) is 0 Å². The van der Waals surface area contributed by atoms with Crippen LogP contribution in [0.15, 0.2) is 24.3 Å². The van der Waals surface area contributed by atoms with E-state index in [1.807, 2.05) is 12.1 Å². The fraction of sp³-hybridized carbons (Fsp3) is 0.400. The fourth-order valence-electron chi connectivity index (χ4n) is 0.887. The van der Waals surface area contributed by atoms with Gasteiger partial charge in [0.05, 0.1) is 0 Å². The van der Waals surface area contributed by atoms with Crippen molar-refractivity contribution in [3.63, 3.8) is 0 Å². The second-order valence-electron chi connectivity index (χ2n) is 3.54. The van der Waals surface area contributed by atoms with Crippen molar-refractivity contribution >= 4 is 0 Å². The van der Waals surface area contributed by atoms with Gasteiger partial charge in [-0.25, -0.2) is 0 Å². The van der Waals surface area contributed by atoms with Gasteiger partial charge in [-0.3, -0.25) is 0 Å². The smallest absolute Gasteiger partial charge is 0 e. The molecule has 0 saturated carbocycles. The molecule has 0 heterocycles. The van der Waals surface area contributed by atoms with E-state index in [0.29, 0.717) is 0 Å². The van der Waals surface area contributed by atoms with E-state index in [2.05, 4.69) is 39.0 Å². The first-order valence-corrected chi connectivity index (χ1v) is 3.57. The van der Waals surface area contributed by atoms with Crippen LogP contribution in [0.4, 0.5) is 0 Å². The molecule has 0 amide bonds. The van der Waals surface area contributed by atoms with Gasteiger partial charge in [0, 0.05) is 0 Å². The van der Waals surface area contributed by atoms with Gasteiger partial charge in [-0.2, -0.15) is 35.9 Å². The number of rotatable bonds is 0. The van der Waals surface area contributed by atoms with Crippen molar-refractivity contribution in [1.82, 2.24) is 0 Å². The molecule has 0 nitrogen and oxygen atoms in total. The van der Waals surface area contributed by atoms with E-state index in [-0.39, 0.29) is 5.41 Å². The Kier molecular flexibility index (Phi) is 2.41. The summed E-state index contributed by atoms with van der Waals surface area (Å²) >= 11 is 0. The summed E-state index contributed by atoms with van der Waals surface area (Å²) in [6, 6.07) is 11.1. The number of hydrogen-bond donors (Lipinski definition) is 0. The van der Waals surface area contributed by atoms with Gasteiger partial charge in [-0.1, -0.05) is 20.8 Å². The summed E-state index contributed by atoms with van der Waals surface area (Å²) < 4.78 is 0. The Morgan fingerprint density at radius 3 is 1.82 bits per heavy atom. The SMILES string of the molecule is CC(C)(C)c1cc[c-]cc1.[Hs]. The van der Waals surface area contributed by atoms with Crippen molar-refractivity contribution in [1.29, 1.82) is 0 Å². The van der Waals surface area contributed by atoms with Gasteiger partial charge in [0.2, 0.25) is 0 Å². The minimum Gasteiger partial charge on any atom is -0.184 e. The number of benzene rings is 1. The van der Waals surface area contributed by atoms with Crippen LogP contribution in [-0.4, -0.2) is 0 Å². The maximum Gasteiger partial charge on any atom is 0 e. The second-order valence-corrected chi connectivity index (χ2v) is 3.54. The van der Waals surface area contributed by atoms with E-state index < -0.39 is 0 Å². The third-order valence-corrected chi connectivity index (χ3v) is 1.58. The average Bonchev–Trinajstić information content (AvgIpc) is 1.88. The van der Waals surface area contributed by atoms with Gasteiger partial charge < -0.3 is 0 Å². The van der Waals surface area contributed by atoms with Crippen LogP contribution < -0.4 is 0 Å². The van der Waals surface area contributed by atoms with Crippen LogP contribution in [0, 0.1) is 6.07 Å². The molecule has 1 aromatic carbocycles. The first-order chi connectivity index (χ1) is 4.61. The van der Waals surface area contributed by atoms with E-state index in [1.54, 1.807) is 0 Å². The Balaban J connectivity index is 0.000001000. The molecule has 56 valence electrons. The van der Waals surface area contributed by atoms with Gasteiger partial charge in [0.15, 0.2) is 0 Å². The Hall–Kier alpha value is -1.78. The predicted octanol–water partition coefficient (Wildman–Crippen LogP) is 2.78. The molecule has 0 aliphatic carbocycles. The first-order valence-electron chi connectivity index (χ1n) is 3.57. The zero-order valence-corrected chi connectivity index (χ0v) is 14.1. The monoisotopic (exact) mass is 402 g/mol. The summed E-state index contributed by atoms with van der Waals surface area (Å²) in [5.41, 5.74) is 1.64. The van der Waals surface area contributed by atoms with Gasteiger partial charge in [0.25, 0.3) is 0 Å². The topological polar surface area (TPSA) is 0 Å². The minimum absolute atomic E-state index is 0. The Morgan fingerprint density at radius 2 is 1.55 bits per heavy atom. The zero-order valence-electron chi connectivity index (χ0n) is 7.52. The van der Waals surface area contributed by atoms with Crippen molar-refractivity contribution in [3.8, 4) is 0 Å². The predicted molar refractivity (Wildman–Crippen MR) is 44.0 cm³/mol. The van der Waals surface area contributed by atoms with Gasteiger partial charge in [0.1, 0.15) is 0 Å². The molecule has 0 N–H and O–H groups in total. The van der Waals surface area contributed by atoms with Crippen LogP contribution in [0.1, 0.15) is 26.3 Å². The summed E-state index contributed by atoms with van der Waals surface area (Å²) in [6.45, 7) is 6.63. The maximum absolute atomic E-state index is 3.00. The summed E-state index contributed by atoms with van der Waals surface area (Å²) in [4.78, 5) is 0. The molecule has 1 aromatic rings. The molecule has 0 saturated heterocycles. The van der Waals surface area contributed by atoms with Crippen molar-refractivity contribution in [2.45, 2.75) is 26.2 Å². The molecule has 1 rings (SSSR count). The second kappa shape index (κ2) is 2.87. The molecule has 0 aliphatic rings. The van der Waals surface area contributed by atoms with Crippen LogP contribution in [0.5, 0.6) is 0 Å². The molecule has 0 fully saturated rings. The Bertz CT molecular complexity index is 196. The summed E-state index contributed by atoms with van der Waals surface area (Å²) in [5, 5.41) is 0. The van der Waals surface area contributed by atoms with E-state index in [1.165, 1.54) is 5.56 Å². The van der Waals surface area contributed by atoms with E-state index in [4.69, 9.17) is 0 Å². The van der Waals surface area contributed by atoms with Crippen molar-refractivity contribution in [3.05, 3.63) is 35.9 Å². The molecular weight excluding hydrogens is 389 g/mol. The van der Waals surface area contributed by atoms with E-state index in [0.717, 1.165) is 0 Å². The minimum atomic E-state index is 0. The third kappa shape index (κ3) is 2.13. The first kappa shape index (κ1) is 9.22. The van der Waals surface area contributed by atoms with Crippen molar-refractivity contribution < 1.29 is 0 Å². The van der Waals surface area contributed by atoms with E-state index >= 15 is 0 Å². The molecule has 0 bridgehead atoms. The number of hydrogen-bond acceptors (Lipinski definition) is 0. The molecule has 0 aromatic heterocycles.